The molecule has 1 aromatic rings. The van der Waals surface area contributed by atoms with Gasteiger partial charge in [-0.25, -0.2) is 0 Å². The molecule has 6 nitrogen and oxygen atoms in total. The second-order valence-corrected chi connectivity index (χ2v) is 7.02. The van der Waals surface area contributed by atoms with E-state index < -0.39 is 0 Å². The van der Waals surface area contributed by atoms with Gasteiger partial charge in [-0.2, -0.15) is 0 Å². The Labute approximate surface area is 155 Å². The lowest BCUT2D eigenvalue weighted by molar-refractivity contribution is -0.126. The molecule has 2 fully saturated rings. The highest BCUT2D eigenvalue weighted by Gasteiger charge is 2.34. The molecule has 3 rings (SSSR count). The largest absolute Gasteiger partial charge is 0.379 e. The molecule has 26 heavy (non-hydrogen) atoms. The van der Waals surface area contributed by atoms with Gasteiger partial charge in [-0.3, -0.25) is 14.5 Å². The zero-order valence-corrected chi connectivity index (χ0v) is 15.6. The van der Waals surface area contributed by atoms with Crippen molar-refractivity contribution in [3.8, 4) is 0 Å². The monoisotopic (exact) mass is 359 g/mol. The van der Waals surface area contributed by atoms with Gasteiger partial charge in [0.1, 0.15) is 0 Å². The Bertz CT molecular complexity index is 611. The first kappa shape index (κ1) is 18.9. The summed E-state index contributed by atoms with van der Waals surface area (Å²) in [5.41, 5.74) is 2.13. The summed E-state index contributed by atoms with van der Waals surface area (Å²) < 4.78 is 5.33. The van der Waals surface area contributed by atoms with Crippen LogP contribution in [-0.2, 0) is 20.7 Å². The third-order valence-electron chi connectivity index (χ3n) is 5.21. The lowest BCUT2D eigenvalue weighted by atomic mass is 10.1. The van der Waals surface area contributed by atoms with E-state index in [4.69, 9.17) is 4.74 Å². The molecule has 1 N–H and O–H groups in total. The summed E-state index contributed by atoms with van der Waals surface area (Å²) in [5, 5.41) is 3.00. The number of ether oxygens (including phenoxy) is 1. The molecule has 1 atom stereocenters. The van der Waals surface area contributed by atoms with Crippen LogP contribution in [0.5, 0.6) is 0 Å². The Morgan fingerprint density at radius 1 is 1.23 bits per heavy atom. The number of hydrogen-bond donors (Lipinski definition) is 1. The van der Waals surface area contributed by atoms with E-state index in [-0.39, 0.29) is 17.7 Å². The molecule has 0 aliphatic carbocycles. The predicted octanol–water partition coefficient (Wildman–Crippen LogP) is 1.44. The molecule has 2 aliphatic rings. The topological polar surface area (TPSA) is 61.9 Å². The van der Waals surface area contributed by atoms with Crippen LogP contribution in [0.15, 0.2) is 24.3 Å². The summed E-state index contributed by atoms with van der Waals surface area (Å²) in [6.45, 7) is 7.75. The van der Waals surface area contributed by atoms with Crippen molar-refractivity contribution in [3.63, 3.8) is 0 Å². The highest BCUT2D eigenvalue weighted by Crippen LogP contribution is 2.25. The number of morpholine rings is 1. The van der Waals surface area contributed by atoms with Gasteiger partial charge in [0, 0.05) is 38.3 Å². The van der Waals surface area contributed by atoms with Crippen molar-refractivity contribution in [1.29, 1.82) is 0 Å². The summed E-state index contributed by atoms with van der Waals surface area (Å²) in [7, 11) is 0. The van der Waals surface area contributed by atoms with Gasteiger partial charge < -0.3 is 15.0 Å². The van der Waals surface area contributed by atoms with E-state index in [0.29, 0.717) is 19.5 Å². The van der Waals surface area contributed by atoms with Crippen molar-refractivity contribution in [2.75, 3.05) is 50.8 Å². The fraction of sp³-hybridized carbons (Fsp3) is 0.600. The van der Waals surface area contributed by atoms with Gasteiger partial charge >= 0.3 is 0 Å². The van der Waals surface area contributed by atoms with E-state index in [1.54, 1.807) is 4.90 Å². The average Bonchev–Trinajstić information content (AvgIpc) is 3.08. The molecule has 142 valence electrons. The molecule has 2 heterocycles. The predicted molar refractivity (Wildman–Crippen MR) is 101 cm³/mol. The maximum atomic E-state index is 12.4. The Morgan fingerprint density at radius 3 is 2.65 bits per heavy atom. The SMILES string of the molecule is CCc1ccc(N2C[C@H](C(=O)NCCCN3CCOCC3)CC2=O)cc1. The number of benzene rings is 1. The van der Waals surface area contributed by atoms with Crippen LogP contribution in [-0.4, -0.2) is 62.7 Å². The molecule has 2 aliphatic heterocycles. The number of nitrogens with one attached hydrogen (secondary N) is 1. The van der Waals surface area contributed by atoms with Crippen molar-refractivity contribution < 1.29 is 14.3 Å². The van der Waals surface area contributed by atoms with Gasteiger partial charge in [-0.15, -0.1) is 0 Å². The van der Waals surface area contributed by atoms with Gasteiger partial charge in [0.25, 0.3) is 0 Å². The van der Waals surface area contributed by atoms with Crippen LogP contribution in [0.1, 0.15) is 25.3 Å². The van der Waals surface area contributed by atoms with Crippen LogP contribution >= 0.6 is 0 Å². The third kappa shape index (κ3) is 4.83. The van der Waals surface area contributed by atoms with Crippen molar-refractivity contribution >= 4 is 17.5 Å². The lowest BCUT2D eigenvalue weighted by Crippen LogP contribution is -2.39. The number of aryl methyl sites for hydroxylation is 1. The molecule has 0 saturated carbocycles. The number of hydrogen-bond acceptors (Lipinski definition) is 4. The summed E-state index contributed by atoms with van der Waals surface area (Å²) in [6.07, 6.45) is 2.20. The first-order chi connectivity index (χ1) is 12.7. The van der Waals surface area contributed by atoms with E-state index in [1.807, 2.05) is 24.3 Å². The van der Waals surface area contributed by atoms with Gasteiger partial charge in [0.2, 0.25) is 11.8 Å². The standard InChI is InChI=1S/C20H29N3O3/c1-2-16-4-6-18(7-5-16)23-15-17(14-19(23)24)20(25)21-8-3-9-22-10-12-26-13-11-22/h4-7,17H,2-3,8-15H2,1H3,(H,21,25)/t17-/m1/s1. The van der Waals surface area contributed by atoms with Crippen molar-refractivity contribution in [1.82, 2.24) is 10.2 Å². The molecular weight excluding hydrogens is 330 g/mol. The number of rotatable bonds is 7. The Balaban J connectivity index is 1.42. The summed E-state index contributed by atoms with van der Waals surface area (Å²) >= 11 is 0. The minimum Gasteiger partial charge on any atom is -0.379 e. The Kier molecular flexibility index (Phi) is 6.63. The molecule has 0 bridgehead atoms. The fourth-order valence-electron chi connectivity index (χ4n) is 3.53. The zero-order chi connectivity index (χ0) is 18.4. The van der Waals surface area contributed by atoms with E-state index in [2.05, 4.69) is 17.1 Å². The number of carbonyl (C=O) groups excluding carboxylic acids is 2. The van der Waals surface area contributed by atoms with Crippen molar-refractivity contribution in [2.45, 2.75) is 26.2 Å². The van der Waals surface area contributed by atoms with E-state index in [0.717, 1.165) is 51.4 Å². The number of nitrogens with zero attached hydrogens (tertiary/aromatic N) is 2. The van der Waals surface area contributed by atoms with Gasteiger partial charge in [0.15, 0.2) is 0 Å². The molecular formula is C20H29N3O3. The normalized spacial score (nSPS) is 21.2. The molecule has 2 amide bonds. The molecule has 0 aromatic heterocycles. The second kappa shape index (κ2) is 9.14. The zero-order valence-electron chi connectivity index (χ0n) is 15.6. The molecule has 0 unspecified atom stereocenters. The van der Waals surface area contributed by atoms with Crippen molar-refractivity contribution in [3.05, 3.63) is 29.8 Å². The maximum Gasteiger partial charge on any atom is 0.227 e. The van der Waals surface area contributed by atoms with Crippen molar-refractivity contribution in [2.24, 2.45) is 5.92 Å². The molecule has 6 heteroatoms. The number of amides is 2. The van der Waals surface area contributed by atoms with Crippen LogP contribution in [0.4, 0.5) is 5.69 Å². The Hall–Kier alpha value is -1.92. The molecule has 1 aromatic carbocycles. The van der Waals surface area contributed by atoms with Gasteiger partial charge in [-0.1, -0.05) is 19.1 Å². The average molecular weight is 359 g/mol. The van der Waals surface area contributed by atoms with Gasteiger partial charge in [-0.05, 0) is 37.1 Å². The minimum atomic E-state index is -0.253. The van der Waals surface area contributed by atoms with E-state index in [9.17, 15) is 9.59 Å². The highest BCUT2D eigenvalue weighted by atomic mass is 16.5. The number of anilines is 1. The third-order valence-corrected chi connectivity index (χ3v) is 5.21. The highest BCUT2D eigenvalue weighted by molar-refractivity contribution is 6.00. The summed E-state index contributed by atoms with van der Waals surface area (Å²) in [5.74, 6) is -0.229. The first-order valence-electron chi connectivity index (χ1n) is 9.64. The fourth-order valence-corrected chi connectivity index (χ4v) is 3.53. The quantitative estimate of drug-likeness (QED) is 0.749. The Morgan fingerprint density at radius 2 is 1.96 bits per heavy atom. The van der Waals surface area contributed by atoms with E-state index >= 15 is 0 Å². The van der Waals surface area contributed by atoms with Crippen LogP contribution in [0, 0.1) is 5.92 Å². The van der Waals surface area contributed by atoms with Gasteiger partial charge in [0.05, 0.1) is 19.1 Å². The first-order valence-corrected chi connectivity index (χ1v) is 9.64. The molecule has 2 saturated heterocycles. The maximum absolute atomic E-state index is 12.4. The summed E-state index contributed by atoms with van der Waals surface area (Å²) in [6, 6.07) is 8.03. The summed E-state index contributed by atoms with van der Waals surface area (Å²) in [4.78, 5) is 28.8. The lowest BCUT2D eigenvalue weighted by Gasteiger charge is -2.26. The van der Waals surface area contributed by atoms with Crippen LogP contribution in [0.3, 0.4) is 0 Å². The van der Waals surface area contributed by atoms with Crippen LogP contribution < -0.4 is 10.2 Å². The van der Waals surface area contributed by atoms with Crippen LogP contribution in [0.25, 0.3) is 0 Å². The smallest absolute Gasteiger partial charge is 0.227 e. The minimum absolute atomic E-state index is 0.00648. The molecule has 0 spiro atoms. The number of carbonyl (C=O) groups is 2. The van der Waals surface area contributed by atoms with E-state index in [1.165, 1.54) is 5.56 Å². The van der Waals surface area contributed by atoms with Crippen LogP contribution in [0.2, 0.25) is 0 Å². The second-order valence-electron chi connectivity index (χ2n) is 7.02. The molecule has 0 radical (unpaired) electrons.